The van der Waals surface area contributed by atoms with Crippen LogP contribution >= 0.6 is 12.2 Å². The molecule has 2 aliphatic rings. The summed E-state index contributed by atoms with van der Waals surface area (Å²) in [5.74, 6) is 0. The second-order valence-corrected chi connectivity index (χ2v) is 5.90. The molecule has 0 bridgehead atoms. The number of rotatable bonds is 4. The maximum atomic E-state index is 5.62. The lowest BCUT2D eigenvalue weighted by molar-refractivity contribution is 0.121. The van der Waals surface area contributed by atoms with Gasteiger partial charge in [-0.2, -0.15) is 0 Å². The van der Waals surface area contributed by atoms with Crippen LogP contribution in [0.25, 0.3) is 0 Å². The Morgan fingerprint density at radius 2 is 2.05 bits per heavy atom. The van der Waals surface area contributed by atoms with Crippen LogP contribution in [0.3, 0.4) is 0 Å². The zero-order chi connectivity index (χ0) is 13.2. The molecular formula is C14H20N4S. The second kappa shape index (κ2) is 5.53. The Balaban J connectivity index is 1.56. The van der Waals surface area contributed by atoms with E-state index in [0.717, 1.165) is 31.4 Å². The van der Waals surface area contributed by atoms with Crippen LogP contribution in [0, 0.1) is 0 Å². The molecule has 2 fully saturated rings. The van der Waals surface area contributed by atoms with Gasteiger partial charge < -0.3 is 5.73 Å². The van der Waals surface area contributed by atoms with Crippen molar-refractivity contribution >= 4 is 17.2 Å². The summed E-state index contributed by atoms with van der Waals surface area (Å²) in [5, 5.41) is 0. The van der Waals surface area contributed by atoms with Gasteiger partial charge in [0.15, 0.2) is 0 Å². The molecule has 2 heterocycles. The van der Waals surface area contributed by atoms with Gasteiger partial charge in [-0.15, -0.1) is 0 Å². The summed E-state index contributed by atoms with van der Waals surface area (Å²) in [6.07, 6.45) is 4.60. The number of pyridine rings is 1. The lowest BCUT2D eigenvalue weighted by atomic mass is 10.2. The molecule has 19 heavy (non-hydrogen) atoms. The third kappa shape index (κ3) is 3.29. The van der Waals surface area contributed by atoms with E-state index in [1.165, 1.54) is 31.5 Å². The van der Waals surface area contributed by atoms with Crippen LogP contribution in [-0.2, 0) is 6.54 Å². The molecular weight excluding hydrogens is 256 g/mol. The van der Waals surface area contributed by atoms with E-state index in [2.05, 4.69) is 20.9 Å². The fourth-order valence-electron chi connectivity index (χ4n) is 2.69. The third-order valence-corrected chi connectivity index (χ3v) is 4.16. The fourth-order valence-corrected chi connectivity index (χ4v) is 2.80. The van der Waals surface area contributed by atoms with Gasteiger partial charge in [0.25, 0.3) is 0 Å². The van der Waals surface area contributed by atoms with Crippen molar-refractivity contribution in [3.63, 3.8) is 0 Å². The van der Waals surface area contributed by atoms with Crippen LogP contribution in [0.4, 0.5) is 0 Å². The molecule has 0 radical (unpaired) electrons. The average Bonchev–Trinajstić information content (AvgIpc) is 3.24. The highest BCUT2D eigenvalue weighted by Crippen LogP contribution is 2.27. The first-order valence-electron chi connectivity index (χ1n) is 6.93. The molecule has 4 nitrogen and oxygen atoms in total. The van der Waals surface area contributed by atoms with Crippen LogP contribution in [-0.4, -0.2) is 52.0 Å². The summed E-state index contributed by atoms with van der Waals surface area (Å²) < 4.78 is 0. The van der Waals surface area contributed by atoms with Crippen LogP contribution in [0.2, 0.25) is 0 Å². The van der Waals surface area contributed by atoms with Crippen molar-refractivity contribution in [3.8, 4) is 0 Å². The highest BCUT2D eigenvalue weighted by Gasteiger charge is 2.30. The first-order chi connectivity index (χ1) is 9.22. The normalized spacial score (nSPS) is 21.5. The maximum absolute atomic E-state index is 5.62. The van der Waals surface area contributed by atoms with Crippen molar-refractivity contribution in [2.45, 2.75) is 25.4 Å². The lowest BCUT2D eigenvalue weighted by Crippen LogP contribution is -2.46. The summed E-state index contributed by atoms with van der Waals surface area (Å²) in [4.78, 5) is 9.68. The van der Waals surface area contributed by atoms with E-state index in [9.17, 15) is 0 Å². The Bertz CT molecular complexity index is 464. The highest BCUT2D eigenvalue weighted by atomic mass is 32.1. The number of thiocarbonyl (C=S) groups is 1. The summed E-state index contributed by atoms with van der Waals surface area (Å²) in [5.41, 5.74) is 7.60. The Hall–Kier alpha value is -1.04. The van der Waals surface area contributed by atoms with Gasteiger partial charge in [-0.05, 0) is 30.5 Å². The van der Waals surface area contributed by atoms with Crippen molar-refractivity contribution < 1.29 is 0 Å². The molecule has 2 N–H and O–H groups in total. The molecule has 0 unspecified atom stereocenters. The molecule has 1 saturated carbocycles. The molecule has 3 rings (SSSR count). The van der Waals surface area contributed by atoms with Crippen LogP contribution in [0.1, 0.15) is 24.1 Å². The van der Waals surface area contributed by atoms with Crippen molar-refractivity contribution in [2.75, 3.05) is 26.2 Å². The van der Waals surface area contributed by atoms with Crippen LogP contribution < -0.4 is 5.73 Å². The molecule has 1 aromatic rings. The minimum atomic E-state index is 0.375. The summed E-state index contributed by atoms with van der Waals surface area (Å²) in [6.45, 7) is 5.69. The molecule has 1 aliphatic carbocycles. The Morgan fingerprint density at radius 1 is 1.32 bits per heavy atom. The van der Waals surface area contributed by atoms with Gasteiger partial charge in [0.1, 0.15) is 4.99 Å². The van der Waals surface area contributed by atoms with Crippen LogP contribution in [0.15, 0.2) is 18.3 Å². The first-order valence-corrected chi connectivity index (χ1v) is 7.34. The smallest absolute Gasteiger partial charge is 0.122 e. The van der Waals surface area contributed by atoms with E-state index in [1.807, 2.05) is 6.07 Å². The molecule has 1 saturated heterocycles. The number of hydrogen-bond acceptors (Lipinski definition) is 4. The number of piperazine rings is 1. The number of nitrogens with zero attached hydrogens (tertiary/aromatic N) is 3. The quantitative estimate of drug-likeness (QED) is 0.831. The van der Waals surface area contributed by atoms with E-state index in [1.54, 1.807) is 6.20 Å². The largest absolute Gasteiger partial charge is 0.388 e. The molecule has 1 aliphatic heterocycles. The van der Waals surface area contributed by atoms with Crippen molar-refractivity contribution in [2.24, 2.45) is 5.73 Å². The number of hydrogen-bond donors (Lipinski definition) is 1. The van der Waals surface area contributed by atoms with Gasteiger partial charge in [-0.3, -0.25) is 14.8 Å². The predicted octanol–water partition coefficient (Wildman–Crippen LogP) is 0.996. The number of nitrogens with two attached hydrogens (primary N) is 1. The van der Waals surface area contributed by atoms with Crippen molar-refractivity contribution in [1.29, 1.82) is 0 Å². The molecule has 0 amide bonds. The molecule has 0 spiro atoms. The van der Waals surface area contributed by atoms with Gasteiger partial charge >= 0.3 is 0 Å². The minimum Gasteiger partial charge on any atom is -0.388 e. The summed E-state index contributed by atoms with van der Waals surface area (Å²) in [7, 11) is 0. The highest BCUT2D eigenvalue weighted by molar-refractivity contribution is 7.80. The molecule has 5 heteroatoms. The topological polar surface area (TPSA) is 45.4 Å². The monoisotopic (exact) mass is 276 g/mol. The summed E-state index contributed by atoms with van der Waals surface area (Å²) >= 11 is 4.97. The van der Waals surface area contributed by atoms with E-state index < -0.39 is 0 Å². The molecule has 0 aromatic carbocycles. The van der Waals surface area contributed by atoms with Crippen LogP contribution in [0.5, 0.6) is 0 Å². The Labute approximate surface area is 119 Å². The lowest BCUT2D eigenvalue weighted by Gasteiger charge is -2.34. The minimum absolute atomic E-state index is 0.375. The van der Waals surface area contributed by atoms with E-state index in [-0.39, 0.29) is 0 Å². The van der Waals surface area contributed by atoms with E-state index >= 15 is 0 Å². The predicted molar refractivity (Wildman–Crippen MR) is 80.0 cm³/mol. The van der Waals surface area contributed by atoms with Gasteiger partial charge in [0.2, 0.25) is 0 Å². The number of aromatic nitrogens is 1. The average molecular weight is 276 g/mol. The van der Waals surface area contributed by atoms with Gasteiger partial charge in [-0.25, -0.2) is 0 Å². The van der Waals surface area contributed by atoms with Gasteiger partial charge in [0, 0.05) is 45.0 Å². The standard InChI is InChI=1S/C14H20N4S/c15-14(19)13-9-11(3-4-16-13)10-17-5-7-18(8-6-17)12-1-2-12/h3-4,9,12H,1-2,5-8,10H2,(H2,15,19). The Morgan fingerprint density at radius 3 is 2.68 bits per heavy atom. The summed E-state index contributed by atoms with van der Waals surface area (Å²) in [6, 6.07) is 4.95. The molecule has 102 valence electrons. The molecule has 0 atom stereocenters. The second-order valence-electron chi connectivity index (χ2n) is 5.46. The zero-order valence-corrected chi connectivity index (χ0v) is 11.9. The fraction of sp³-hybridized carbons (Fsp3) is 0.571. The molecule has 1 aromatic heterocycles. The van der Waals surface area contributed by atoms with Crippen molar-refractivity contribution in [1.82, 2.24) is 14.8 Å². The van der Waals surface area contributed by atoms with Gasteiger partial charge in [-0.1, -0.05) is 12.2 Å². The zero-order valence-electron chi connectivity index (χ0n) is 11.1. The SMILES string of the molecule is NC(=S)c1cc(CN2CCN(C3CC3)CC2)ccn1. The van der Waals surface area contributed by atoms with E-state index in [4.69, 9.17) is 18.0 Å². The Kier molecular flexibility index (Phi) is 3.77. The van der Waals surface area contributed by atoms with E-state index in [0.29, 0.717) is 4.99 Å². The van der Waals surface area contributed by atoms with Crippen molar-refractivity contribution in [3.05, 3.63) is 29.6 Å². The first kappa shape index (κ1) is 13.0. The van der Waals surface area contributed by atoms with Gasteiger partial charge in [0.05, 0.1) is 5.69 Å². The third-order valence-electron chi connectivity index (χ3n) is 3.95. The maximum Gasteiger partial charge on any atom is 0.122 e.